The van der Waals surface area contributed by atoms with Crippen LogP contribution in [0.3, 0.4) is 0 Å². The Morgan fingerprint density at radius 1 is 1.12 bits per heavy atom. The number of nitrogens with one attached hydrogen (secondary N) is 2. The van der Waals surface area contributed by atoms with Gasteiger partial charge in [0, 0.05) is 35.2 Å². The van der Waals surface area contributed by atoms with E-state index in [1.54, 1.807) is 54.6 Å². The summed E-state index contributed by atoms with van der Waals surface area (Å²) in [5.41, 5.74) is 9.27. The Kier molecular flexibility index (Phi) is 8.07. The SMILES string of the molecule is Cc1cc(-n2ncc(C(O)c3cc4cc(OCCCO)c(NS(C)(=O)=O)cc4[nH]3)c2N)ccc1Oc1ccccc1F. The van der Waals surface area contributed by atoms with Gasteiger partial charge in [-0.05, 0) is 61.0 Å². The van der Waals surface area contributed by atoms with Crippen LogP contribution in [0.1, 0.15) is 29.3 Å². The molecule has 42 heavy (non-hydrogen) atoms. The van der Waals surface area contributed by atoms with Crippen LogP contribution in [0.5, 0.6) is 17.2 Å². The lowest BCUT2D eigenvalue weighted by molar-refractivity contribution is 0.217. The van der Waals surface area contributed by atoms with Gasteiger partial charge < -0.3 is 30.4 Å². The molecule has 0 radical (unpaired) electrons. The third-order valence-corrected chi connectivity index (χ3v) is 7.07. The highest BCUT2D eigenvalue weighted by atomic mass is 32.2. The Hall–Kier alpha value is -4.59. The second kappa shape index (κ2) is 11.7. The molecule has 6 N–H and O–H groups in total. The lowest BCUT2D eigenvalue weighted by Crippen LogP contribution is -2.11. The van der Waals surface area contributed by atoms with Crippen molar-refractivity contribution in [1.29, 1.82) is 0 Å². The average Bonchev–Trinajstić information content (AvgIpc) is 3.53. The van der Waals surface area contributed by atoms with Crippen molar-refractivity contribution in [3.05, 3.63) is 89.5 Å². The Morgan fingerprint density at radius 2 is 1.90 bits per heavy atom. The maximum atomic E-state index is 14.0. The van der Waals surface area contributed by atoms with Gasteiger partial charge in [0.1, 0.15) is 23.4 Å². The first-order valence-corrected chi connectivity index (χ1v) is 14.9. The summed E-state index contributed by atoms with van der Waals surface area (Å²) in [6.45, 7) is 1.93. The fraction of sp³-hybridized carbons (Fsp3) is 0.207. The van der Waals surface area contributed by atoms with Crippen molar-refractivity contribution in [2.75, 3.05) is 29.9 Å². The maximum absolute atomic E-state index is 14.0. The van der Waals surface area contributed by atoms with Crippen LogP contribution in [-0.2, 0) is 10.0 Å². The number of rotatable bonds is 11. The van der Waals surface area contributed by atoms with E-state index in [9.17, 15) is 17.9 Å². The van der Waals surface area contributed by atoms with E-state index in [-0.39, 0.29) is 36.2 Å². The number of nitrogens with two attached hydrogens (primary N) is 1. The first-order valence-electron chi connectivity index (χ1n) is 13.0. The Labute approximate surface area is 241 Å². The zero-order valence-corrected chi connectivity index (χ0v) is 23.7. The number of para-hydroxylation sites is 1. The van der Waals surface area contributed by atoms with Gasteiger partial charge in [0.15, 0.2) is 11.6 Å². The molecule has 2 heterocycles. The number of benzene rings is 3. The summed E-state index contributed by atoms with van der Waals surface area (Å²) in [6, 6.07) is 16.3. The molecule has 11 nitrogen and oxygen atoms in total. The molecule has 1 atom stereocenters. The Balaban J connectivity index is 1.42. The first kappa shape index (κ1) is 28.9. The molecule has 0 fully saturated rings. The molecule has 0 amide bonds. The second-order valence-electron chi connectivity index (χ2n) is 9.74. The standard InChI is InChI=1S/C29H30FN5O6S/c1-17-12-19(8-9-25(17)41-26-7-4-3-6-21(26)30)35-29(31)20(16-32-35)28(37)24-13-18-14-27(40-11-5-10-36)23(15-22(18)33-24)34-42(2,38)39/h3-4,6-9,12-16,28,33-34,36-37H,5,10-11,31H2,1-2H3. The highest BCUT2D eigenvalue weighted by Crippen LogP contribution is 2.36. The number of H-pyrrole nitrogens is 1. The molecular formula is C29H30FN5O6S. The van der Waals surface area contributed by atoms with Gasteiger partial charge >= 0.3 is 0 Å². The summed E-state index contributed by atoms with van der Waals surface area (Å²) in [7, 11) is -3.60. The van der Waals surface area contributed by atoms with Crippen LogP contribution in [0.4, 0.5) is 15.9 Å². The number of fused-ring (bicyclic) bond motifs is 1. The number of nitrogen functional groups attached to an aromatic ring is 1. The van der Waals surface area contributed by atoms with Gasteiger partial charge in [-0.3, -0.25) is 4.72 Å². The van der Waals surface area contributed by atoms with Crippen molar-refractivity contribution < 1.29 is 32.5 Å². The molecule has 3 aromatic carbocycles. The smallest absolute Gasteiger partial charge is 0.229 e. The van der Waals surface area contributed by atoms with Crippen LogP contribution in [0.2, 0.25) is 0 Å². The van der Waals surface area contributed by atoms with Gasteiger partial charge in [-0.25, -0.2) is 17.5 Å². The first-order chi connectivity index (χ1) is 20.0. The van der Waals surface area contributed by atoms with Crippen molar-refractivity contribution in [2.24, 2.45) is 0 Å². The minimum Gasteiger partial charge on any atom is -0.491 e. The van der Waals surface area contributed by atoms with E-state index in [2.05, 4.69) is 14.8 Å². The molecule has 5 rings (SSSR count). The summed E-state index contributed by atoms with van der Waals surface area (Å²) >= 11 is 0. The van der Waals surface area contributed by atoms with E-state index in [1.807, 2.05) is 6.92 Å². The summed E-state index contributed by atoms with van der Waals surface area (Å²) in [5, 5.41) is 25.3. The summed E-state index contributed by atoms with van der Waals surface area (Å²) in [6.07, 6.45) is 1.69. The molecule has 220 valence electrons. The number of hydrogen-bond acceptors (Lipinski definition) is 8. The van der Waals surface area contributed by atoms with Gasteiger partial charge in [-0.2, -0.15) is 5.10 Å². The minimum atomic E-state index is -3.60. The van der Waals surface area contributed by atoms with Crippen molar-refractivity contribution >= 4 is 32.4 Å². The average molecular weight is 596 g/mol. The molecule has 0 saturated carbocycles. The highest BCUT2D eigenvalue weighted by Gasteiger charge is 2.22. The third-order valence-electron chi connectivity index (χ3n) is 6.48. The molecule has 5 aromatic rings. The molecule has 0 saturated heterocycles. The van der Waals surface area contributed by atoms with Gasteiger partial charge in [-0.15, -0.1) is 0 Å². The second-order valence-corrected chi connectivity index (χ2v) is 11.5. The lowest BCUT2D eigenvalue weighted by atomic mass is 10.1. The lowest BCUT2D eigenvalue weighted by Gasteiger charge is -2.13. The van der Waals surface area contributed by atoms with E-state index in [0.29, 0.717) is 40.0 Å². The van der Waals surface area contributed by atoms with Crippen LogP contribution in [0.25, 0.3) is 16.6 Å². The number of aliphatic hydroxyl groups is 2. The zero-order chi connectivity index (χ0) is 30.0. The number of aromatic nitrogens is 3. The van der Waals surface area contributed by atoms with Gasteiger partial charge in [0.05, 0.1) is 30.4 Å². The van der Waals surface area contributed by atoms with Crippen LogP contribution in [-0.4, -0.2) is 52.9 Å². The number of hydrogen-bond donors (Lipinski definition) is 5. The Bertz CT molecular complexity index is 1850. The largest absolute Gasteiger partial charge is 0.491 e. The number of nitrogens with zero attached hydrogens (tertiary/aromatic N) is 2. The quantitative estimate of drug-likeness (QED) is 0.140. The number of anilines is 2. The van der Waals surface area contributed by atoms with Gasteiger partial charge in [-0.1, -0.05) is 12.1 Å². The summed E-state index contributed by atoms with van der Waals surface area (Å²) in [4.78, 5) is 3.11. The molecule has 0 aliphatic heterocycles. The van der Waals surface area contributed by atoms with E-state index >= 15 is 0 Å². The molecule has 13 heteroatoms. The molecule has 0 bridgehead atoms. The maximum Gasteiger partial charge on any atom is 0.229 e. The number of aromatic amines is 1. The number of halogens is 1. The third kappa shape index (κ3) is 6.17. The monoisotopic (exact) mass is 595 g/mol. The van der Waals surface area contributed by atoms with Crippen LogP contribution in [0, 0.1) is 12.7 Å². The van der Waals surface area contributed by atoms with Gasteiger partial charge in [0.2, 0.25) is 10.0 Å². The predicted octanol–water partition coefficient (Wildman–Crippen LogP) is 4.39. The van der Waals surface area contributed by atoms with Crippen molar-refractivity contribution in [3.63, 3.8) is 0 Å². The van der Waals surface area contributed by atoms with Crippen molar-refractivity contribution in [1.82, 2.24) is 14.8 Å². The normalized spacial score (nSPS) is 12.4. The van der Waals surface area contributed by atoms with Gasteiger partial charge in [0.25, 0.3) is 0 Å². The summed E-state index contributed by atoms with van der Waals surface area (Å²) in [5.74, 6) is 0.597. The van der Waals surface area contributed by atoms with E-state index in [1.165, 1.54) is 16.9 Å². The van der Waals surface area contributed by atoms with Crippen molar-refractivity contribution in [2.45, 2.75) is 19.4 Å². The molecule has 1 unspecified atom stereocenters. The number of ether oxygens (including phenoxy) is 2. The topological polar surface area (TPSA) is 165 Å². The predicted molar refractivity (Wildman–Crippen MR) is 157 cm³/mol. The fourth-order valence-electron chi connectivity index (χ4n) is 4.46. The van der Waals surface area contributed by atoms with Crippen LogP contribution >= 0.6 is 0 Å². The number of aryl methyl sites for hydroxylation is 1. The van der Waals surface area contributed by atoms with E-state index < -0.39 is 21.9 Å². The van der Waals surface area contributed by atoms with E-state index in [0.717, 1.165) is 11.8 Å². The summed E-state index contributed by atoms with van der Waals surface area (Å²) < 4.78 is 53.2. The fourth-order valence-corrected chi connectivity index (χ4v) is 5.01. The minimum absolute atomic E-state index is 0.0716. The molecular weight excluding hydrogens is 565 g/mol. The molecule has 0 aliphatic carbocycles. The number of sulfonamides is 1. The van der Waals surface area contributed by atoms with Crippen LogP contribution < -0.4 is 19.9 Å². The van der Waals surface area contributed by atoms with E-state index in [4.69, 9.17) is 20.3 Å². The Morgan fingerprint density at radius 3 is 2.62 bits per heavy atom. The van der Waals surface area contributed by atoms with Crippen LogP contribution in [0.15, 0.2) is 66.9 Å². The molecule has 2 aromatic heterocycles. The number of aliphatic hydroxyl groups excluding tert-OH is 2. The molecule has 0 aliphatic rings. The van der Waals surface area contributed by atoms with Crippen molar-refractivity contribution in [3.8, 4) is 22.9 Å². The molecule has 0 spiro atoms. The highest BCUT2D eigenvalue weighted by molar-refractivity contribution is 7.92. The zero-order valence-electron chi connectivity index (χ0n) is 22.8.